The molecule has 1 rings (SSSR count). The van der Waals surface area contributed by atoms with Gasteiger partial charge in [-0.25, -0.2) is 0 Å². The molecule has 0 spiro atoms. The SMILES string of the molecule is FC(F)(F)OC1=CCNO1. The molecule has 0 aromatic rings. The fraction of sp³-hybridized carbons (Fsp3) is 0.500. The van der Waals surface area contributed by atoms with Crippen molar-refractivity contribution < 1.29 is 22.7 Å². The zero-order valence-electron chi connectivity index (χ0n) is 4.73. The summed E-state index contributed by atoms with van der Waals surface area (Å²) in [6.07, 6.45) is -3.52. The monoisotopic (exact) mass is 155 g/mol. The van der Waals surface area contributed by atoms with Gasteiger partial charge in [0.2, 0.25) is 0 Å². The Bertz CT molecular complexity index is 153. The average Bonchev–Trinajstić information content (AvgIpc) is 2.12. The van der Waals surface area contributed by atoms with Gasteiger partial charge in [-0.15, -0.1) is 18.7 Å². The average molecular weight is 155 g/mol. The van der Waals surface area contributed by atoms with Gasteiger partial charge in [0.1, 0.15) is 0 Å². The maximum atomic E-state index is 11.3. The summed E-state index contributed by atoms with van der Waals surface area (Å²) in [6.45, 7) is 0.228. The minimum atomic E-state index is -4.67. The molecule has 3 nitrogen and oxygen atoms in total. The second kappa shape index (κ2) is 2.37. The molecule has 1 aliphatic rings. The molecule has 0 aliphatic carbocycles. The molecule has 10 heavy (non-hydrogen) atoms. The zero-order valence-corrected chi connectivity index (χ0v) is 4.73. The predicted molar refractivity (Wildman–Crippen MR) is 24.3 cm³/mol. The minimum Gasteiger partial charge on any atom is -0.372 e. The van der Waals surface area contributed by atoms with Gasteiger partial charge in [-0.05, 0) is 0 Å². The van der Waals surface area contributed by atoms with Crippen molar-refractivity contribution in [3.63, 3.8) is 0 Å². The summed E-state index contributed by atoms with van der Waals surface area (Å²) in [5.74, 6) is -0.549. The highest BCUT2D eigenvalue weighted by Gasteiger charge is 2.33. The highest BCUT2D eigenvalue weighted by atomic mass is 19.4. The van der Waals surface area contributed by atoms with Crippen LogP contribution in [0.15, 0.2) is 12.0 Å². The van der Waals surface area contributed by atoms with E-state index in [0.717, 1.165) is 6.08 Å². The van der Waals surface area contributed by atoms with Crippen LogP contribution in [-0.4, -0.2) is 12.9 Å². The van der Waals surface area contributed by atoms with Crippen molar-refractivity contribution in [1.29, 1.82) is 0 Å². The van der Waals surface area contributed by atoms with Gasteiger partial charge in [-0.3, -0.25) is 0 Å². The first kappa shape index (κ1) is 7.20. The first-order valence-corrected chi connectivity index (χ1v) is 2.43. The van der Waals surface area contributed by atoms with Crippen molar-refractivity contribution in [3.8, 4) is 0 Å². The van der Waals surface area contributed by atoms with Crippen molar-refractivity contribution in [2.24, 2.45) is 0 Å². The fourth-order valence-corrected chi connectivity index (χ4v) is 0.456. The molecule has 0 radical (unpaired) electrons. The maximum absolute atomic E-state index is 11.3. The molecule has 6 heteroatoms. The van der Waals surface area contributed by atoms with E-state index in [-0.39, 0.29) is 6.54 Å². The van der Waals surface area contributed by atoms with E-state index in [2.05, 4.69) is 15.1 Å². The Labute approximate surface area is 54.4 Å². The van der Waals surface area contributed by atoms with Crippen LogP contribution in [0.2, 0.25) is 0 Å². The third kappa shape index (κ3) is 2.14. The lowest BCUT2D eigenvalue weighted by Crippen LogP contribution is -2.15. The Hall–Kier alpha value is -0.910. The summed E-state index contributed by atoms with van der Waals surface area (Å²) in [4.78, 5) is 4.20. The molecule has 0 aromatic carbocycles. The van der Waals surface area contributed by atoms with Gasteiger partial charge < -0.3 is 9.57 Å². The second-order valence-electron chi connectivity index (χ2n) is 1.52. The molecular weight excluding hydrogens is 151 g/mol. The standard InChI is InChI=1S/C4H4F3NO2/c5-4(6,7)9-3-1-2-8-10-3/h1,8H,2H2. The van der Waals surface area contributed by atoms with Crippen LogP contribution in [0.25, 0.3) is 0 Å². The number of hydrogen-bond acceptors (Lipinski definition) is 3. The highest BCUT2D eigenvalue weighted by Crippen LogP contribution is 2.21. The summed E-state index contributed by atoms with van der Waals surface area (Å²) >= 11 is 0. The molecule has 0 saturated carbocycles. The lowest BCUT2D eigenvalue weighted by Gasteiger charge is -2.07. The lowest BCUT2D eigenvalue weighted by atomic mass is 10.6. The molecule has 1 heterocycles. The van der Waals surface area contributed by atoms with E-state index in [1.165, 1.54) is 0 Å². The van der Waals surface area contributed by atoms with Crippen molar-refractivity contribution in [1.82, 2.24) is 5.48 Å². The van der Waals surface area contributed by atoms with Crippen molar-refractivity contribution in [3.05, 3.63) is 12.0 Å². The third-order valence-corrected chi connectivity index (χ3v) is 0.741. The summed E-state index contributed by atoms with van der Waals surface area (Å²) in [5.41, 5.74) is 2.18. The molecule has 1 N–H and O–H groups in total. The van der Waals surface area contributed by atoms with E-state index in [0.29, 0.717) is 0 Å². The normalized spacial score (nSPS) is 18.1. The quantitative estimate of drug-likeness (QED) is 0.610. The molecule has 0 saturated heterocycles. The number of rotatable bonds is 1. The van der Waals surface area contributed by atoms with Crippen LogP contribution in [0, 0.1) is 0 Å². The van der Waals surface area contributed by atoms with Gasteiger partial charge in [0.05, 0.1) is 6.54 Å². The number of nitrogens with one attached hydrogen (secondary N) is 1. The summed E-state index contributed by atoms with van der Waals surface area (Å²) in [6, 6.07) is 0. The number of ether oxygens (including phenoxy) is 1. The minimum absolute atomic E-state index is 0.228. The van der Waals surface area contributed by atoms with Crippen LogP contribution >= 0.6 is 0 Å². The summed E-state index contributed by atoms with van der Waals surface area (Å²) in [7, 11) is 0. The number of hydrogen-bond donors (Lipinski definition) is 1. The molecule has 0 unspecified atom stereocenters. The number of hydroxylamine groups is 1. The van der Waals surface area contributed by atoms with E-state index < -0.39 is 12.3 Å². The first-order chi connectivity index (χ1) is 4.58. The molecule has 0 bridgehead atoms. The van der Waals surface area contributed by atoms with Gasteiger partial charge in [0.15, 0.2) is 0 Å². The predicted octanol–water partition coefficient (Wildman–Crippen LogP) is 0.899. The Morgan fingerprint density at radius 3 is 2.70 bits per heavy atom. The topological polar surface area (TPSA) is 30.5 Å². The Balaban J connectivity index is 2.38. The zero-order chi connectivity index (χ0) is 7.61. The van der Waals surface area contributed by atoms with Crippen molar-refractivity contribution in [2.45, 2.75) is 6.36 Å². The Kier molecular flexibility index (Phi) is 1.71. The molecule has 0 atom stereocenters. The molecule has 58 valence electrons. The van der Waals surface area contributed by atoms with Crippen LogP contribution in [0.4, 0.5) is 13.2 Å². The third-order valence-electron chi connectivity index (χ3n) is 0.741. The summed E-state index contributed by atoms with van der Waals surface area (Å²) in [5, 5.41) is 0. The smallest absolute Gasteiger partial charge is 0.372 e. The molecule has 0 fully saturated rings. The van der Waals surface area contributed by atoms with E-state index >= 15 is 0 Å². The Morgan fingerprint density at radius 1 is 1.60 bits per heavy atom. The van der Waals surface area contributed by atoms with E-state index in [1.54, 1.807) is 0 Å². The fourth-order valence-electron chi connectivity index (χ4n) is 0.456. The molecule has 0 amide bonds. The van der Waals surface area contributed by atoms with Crippen LogP contribution in [0.1, 0.15) is 0 Å². The first-order valence-electron chi connectivity index (χ1n) is 2.43. The van der Waals surface area contributed by atoms with E-state index in [9.17, 15) is 13.2 Å². The van der Waals surface area contributed by atoms with Crippen LogP contribution < -0.4 is 5.48 Å². The molecule has 0 aromatic heterocycles. The van der Waals surface area contributed by atoms with Crippen molar-refractivity contribution >= 4 is 0 Å². The second-order valence-corrected chi connectivity index (χ2v) is 1.52. The van der Waals surface area contributed by atoms with Gasteiger partial charge in [0.25, 0.3) is 0 Å². The molecular formula is C4H4F3NO2. The van der Waals surface area contributed by atoms with Crippen molar-refractivity contribution in [2.75, 3.05) is 6.54 Å². The number of halogens is 3. The largest absolute Gasteiger partial charge is 0.575 e. The number of alkyl halides is 3. The van der Waals surface area contributed by atoms with Crippen LogP contribution in [0.3, 0.4) is 0 Å². The summed E-state index contributed by atoms with van der Waals surface area (Å²) < 4.78 is 37.4. The van der Waals surface area contributed by atoms with Gasteiger partial charge in [0, 0.05) is 6.08 Å². The van der Waals surface area contributed by atoms with Crippen LogP contribution in [-0.2, 0) is 9.57 Å². The van der Waals surface area contributed by atoms with Gasteiger partial charge in [-0.1, -0.05) is 0 Å². The lowest BCUT2D eigenvalue weighted by molar-refractivity contribution is -0.323. The highest BCUT2D eigenvalue weighted by molar-refractivity contribution is 4.89. The van der Waals surface area contributed by atoms with Crippen LogP contribution in [0.5, 0.6) is 0 Å². The maximum Gasteiger partial charge on any atom is 0.575 e. The van der Waals surface area contributed by atoms with Gasteiger partial charge in [-0.2, -0.15) is 0 Å². The van der Waals surface area contributed by atoms with E-state index in [4.69, 9.17) is 0 Å². The molecule has 1 aliphatic heterocycles. The Morgan fingerprint density at radius 2 is 2.30 bits per heavy atom. The van der Waals surface area contributed by atoms with Gasteiger partial charge >= 0.3 is 12.3 Å². The van der Waals surface area contributed by atoms with E-state index in [1.807, 2.05) is 0 Å².